The van der Waals surface area contributed by atoms with Crippen LogP contribution in [0.25, 0.3) is 11.0 Å². The van der Waals surface area contributed by atoms with Crippen molar-refractivity contribution in [1.29, 1.82) is 0 Å². The summed E-state index contributed by atoms with van der Waals surface area (Å²) in [5.74, 6) is -1.33. The maximum absolute atomic E-state index is 13.9. The lowest BCUT2D eigenvalue weighted by Crippen LogP contribution is -2.31. The number of carbonyl (C=O) groups is 2. The minimum atomic E-state index is -0.913. The lowest BCUT2D eigenvalue weighted by atomic mass is 9.94. The molecule has 4 aromatic carbocycles. The van der Waals surface area contributed by atoms with Gasteiger partial charge in [0.2, 0.25) is 5.78 Å². The Morgan fingerprint density at radius 2 is 1.64 bits per heavy atom. The summed E-state index contributed by atoms with van der Waals surface area (Å²) in [7, 11) is 0. The van der Waals surface area contributed by atoms with E-state index >= 15 is 0 Å². The van der Waals surface area contributed by atoms with Crippen molar-refractivity contribution in [1.82, 2.24) is 0 Å². The van der Waals surface area contributed by atoms with Crippen LogP contribution in [0.5, 0.6) is 5.75 Å². The molecule has 1 N–H and O–H groups in total. The third-order valence-corrected chi connectivity index (χ3v) is 6.85. The van der Waals surface area contributed by atoms with Gasteiger partial charge in [0, 0.05) is 16.1 Å². The predicted molar refractivity (Wildman–Crippen MR) is 149 cm³/mol. The highest BCUT2D eigenvalue weighted by atomic mass is 35.5. The second kappa shape index (κ2) is 10.2. The van der Waals surface area contributed by atoms with Crippen LogP contribution < -0.4 is 9.64 Å². The van der Waals surface area contributed by atoms with E-state index < -0.39 is 23.5 Å². The van der Waals surface area contributed by atoms with E-state index in [0.717, 1.165) is 5.56 Å². The molecule has 0 bridgehead atoms. The first kappa shape index (κ1) is 24.5. The number of aliphatic hydroxyl groups is 1. The summed E-state index contributed by atoms with van der Waals surface area (Å²) in [6.07, 6.45) is 0. The number of benzene rings is 4. The summed E-state index contributed by atoms with van der Waals surface area (Å²) in [5.41, 5.74) is 2.54. The van der Waals surface area contributed by atoms with Gasteiger partial charge in [0.25, 0.3) is 5.91 Å². The zero-order chi connectivity index (χ0) is 26.9. The van der Waals surface area contributed by atoms with Crippen LogP contribution >= 0.6 is 11.6 Å². The number of aliphatic hydroxyl groups excluding tert-OH is 1. The molecule has 0 spiro atoms. The Morgan fingerprint density at radius 3 is 2.41 bits per heavy atom. The minimum absolute atomic E-state index is 0.00184. The van der Waals surface area contributed by atoms with Gasteiger partial charge in [-0.15, -0.1) is 0 Å². The number of nitrogens with zero attached hydrogens (tertiary/aromatic N) is 1. The third kappa shape index (κ3) is 4.67. The quantitative estimate of drug-likeness (QED) is 0.219. The lowest BCUT2D eigenvalue weighted by molar-refractivity contribution is -0.117. The Balaban J connectivity index is 1.42. The summed E-state index contributed by atoms with van der Waals surface area (Å²) in [6.45, 7) is 0.352. The van der Waals surface area contributed by atoms with Crippen molar-refractivity contribution in [2.75, 3.05) is 4.90 Å². The maximum atomic E-state index is 13.9. The third-order valence-electron chi connectivity index (χ3n) is 6.61. The molecule has 1 amide bonds. The molecule has 1 aliphatic heterocycles. The summed E-state index contributed by atoms with van der Waals surface area (Å²) >= 11 is 6.11. The number of hydrogen-bond donors (Lipinski definition) is 1. The van der Waals surface area contributed by atoms with Crippen molar-refractivity contribution in [3.8, 4) is 5.75 Å². The molecule has 2 heterocycles. The average Bonchev–Trinajstić information content (AvgIpc) is 3.51. The molecule has 0 saturated carbocycles. The molecule has 0 saturated heterocycles. The normalized spacial score (nSPS) is 15.3. The monoisotopic (exact) mass is 535 g/mol. The van der Waals surface area contributed by atoms with Crippen LogP contribution in [0.1, 0.15) is 27.7 Å². The summed E-state index contributed by atoms with van der Waals surface area (Å²) < 4.78 is 11.8. The van der Waals surface area contributed by atoms with E-state index in [1.54, 1.807) is 66.7 Å². The zero-order valence-electron chi connectivity index (χ0n) is 20.6. The molecule has 1 aromatic heterocycles. The van der Waals surface area contributed by atoms with Crippen LogP contribution in [-0.2, 0) is 11.4 Å². The lowest BCUT2D eigenvalue weighted by Gasteiger charge is -2.27. The van der Waals surface area contributed by atoms with Gasteiger partial charge in [0.05, 0.1) is 11.6 Å². The van der Waals surface area contributed by atoms with E-state index in [1.165, 1.54) is 4.90 Å². The molecule has 192 valence electrons. The number of para-hydroxylation sites is 1. The number of carbonyl (C=O) groups excluding carboxylic acids is 2. The van der Waals surface area contributed by atoms with Gasteiger partial charge in [0.15, 0.2) is 11.5 Å². The van der Waals surface area contributed by atoms with Gasteiger partial charge in [-0.3, -0.25) is 14.5 Å². The molecular formula is C32H22ClNO5. The second-order valence-electron chi connectivity index (χ2n) is 9.14. The molecule has 1 unspecified atom stereocenters. The Labute approximate surface area is 229 Å². The van der Waals surface area contributed by atoms with Crippen molar-refractivity contribution < 1.29 is 23.8 Å². The van der Waals surface area contributed by atoms with Gasteiger partial charge in [0.1, 0.15) is 17.9 Å². The fourth-order valence-corrected chi connectivity index (χ4v) is 4.96. The topological polar surface area (TPSA) is 80.0 Å². The minimum Gasteiger partial charge on any atom is -0.503 e. The first-order valence-corrected chi connectivity index (χ1v) is 12.7. The van der Waals surface area contributed by atoms with Crippen molar-refractivity contribution in [3.63, 3.8) is 0 Å². The highest BCUT2D eigenvalue weighted by Gasteiger charge is 2.45. The fraction of sp³-hybridized carbons (Fsp3) is 0.0625. The summed E-state index contributed by atoms with van der Waals surface area (Å²) in [6, 6.07) is 31.5. The highest BCUT2D eigenvalue weighted by molar-refractivity contribution is 6.31. The molecule has 6 rings (SSSR count). The standard InChI is InChI=1S/C32H22ClNO5/c33-23-14-15-26-22(16-23)18-27(39-26)30(35)28-29(34(32(37)31(28)36)24-11-5-2-6-12-24)21-10-7-13-25(17-21)38-19-20-8-3-1-4-9-20/h1-18,29,36H,19H2. The Bertz CT molecular complexity index is 1730. The van der Waals surface area contributed by atoms with Crippen LogP contribution in [0.15, 0.2) is 125 Å². The van der Waals surface area contributed by atoms with E-state index in [-0.39, 0.29) is 11.3 Å². The Hall–Kier alpha value is -4.81. The molecule has 1 atom stereocenters. The SMILES string of the molecule is O=C(C1=C(O)C(=O)N(c2ccccc2)C1c1cccc(OCc2ccccc2)c1)c1cc2cc(Cl)ccc2o1. The number of ketones is 1. The number of ether oxygens (including phenoxy) is 1. The van der Waals surface area contributed by atoms with Gasteiger partial charge in [-0.25, -0.2) is 0 Å². The molecule has 7 heteroatoms. The van der Waals surface area contributed by atoms with E-state index in [9.17, 15) is 14.7 Å². The van der Waals surface area contributed by atoms with Crippen molar-refractivity contribution in [2.45, 2.75) is 12.6 Å². The van der Waals surface area contributed by atoms with E-state index in [1.807, 2.05) is 42.5 Å². The molecule has 0 aliphatic carbocycles. The highest BCUT2D eigenvalue weighted by Crippen LogP contribution is 2.43. The largest absolute Gasteiger partial charge is 0.503 e. The average molecular weight is 536 g/mol. The van der Waals surface area contributed by atoms with E-state index in [2.05, 4.69) is 0 Å². The second-order valence-corrected chi connectivity index (χ2v) is 9.58. The Morgan fingerprint density at radius 1 is 0.897 bits per heavy atom. The molecule has 0 fully saturated rings. The smallest absolute Gasteiger partial charge is 0.294 e. The van der Waals surface area contributed by atoms with Gasteiger partial charge >= 0.3 is 0 Å². The number of rotatable bonds is 7. The fourth-order valence-electron chi connectivity index (χ4n) is 4.78. The molecular weight excluding hydrogens is 514 g/mol. The van der Waals surface area contributed by atoms with Crippen LogP contribution in [-0.4, -0.2) is 16.8 Å². The van der Waals surface area contributed by atoms with Crippen molar-refractivity contribution in [2.24, 2.45) is 0 Å². The number of halogens is 1. The molecule has 0 radical (unpaired) electrons. The summed E-state index contributed by atoms with van der Waals surface area (Å²) in [5, 5.41) is 12.2. The van der Waals surface area contributed by atoms with Gasteiger partial charge < -0.3 is 14.3 Å². The van der Waals surface area contributed by atoms with Crippen molar-refractivity contribution >= 4 is 39.9 Å². The van der Waals surface area contributed by atoms with E-state index in [0.29, 0.717) is 39.6 Å². The number of fused-ring (bicyclic) bond motifs is 1. The number of furan rings is 1. The number of Topliss-reactive ketones (excluding diaryl/α,β-unsaturated/α-hetero) is 1. The number of anilines is 1. The maximum Gasteiger partial charge on any atom is 0.294 e. The summed E-state index contributed by atoms with van der Waals surface area (Å²) in [4.78, 5) is 28.7. The predicted octanol–water partition coefficient (Wildman–Crippen LogP) is 7.45. The molecule has 5 aromatic rings. The zero-order valence-corrected chi connectivity index (χ0v) is 21.3. The molecule has 6 nitrogen and oxygen atoms in total. The van der Waals surface area contributed by atoms with Gasteiger partial charge in [-0.1, -0.05) is 72.3 Å². The molecule has 1 aliphatic rings. The van der Waals surface area contributed by atoms with E-state index in [4.69, 9.17) is 20.8 Å². The number of hydrogen-bond acceptors (Lipinski definition) is 5. The van der Waals surface area contributed by atoms with Gasteiger partial charge in [-0.2, -0.15) is 0 Å². The molecule has 39 heavy (non-hydrogen) atoms. The van der Waals surface area contributed by atoms with Gasteiger partial charge in [-0.05, 0) is 59.7 Å². The first-order chi connectivity index (χ1) is 19.0. The Kier molecular flexibility index (Phi) is 6.39. The van der Waals surface area contributed by atoms with Crippen LogP contribution in [0.3, 0.4) is 0 Å². The number of amides is 1. The van der Waals surface area contributed by atoms with Crippen LogP contribution in [0.2, 0.25) is 5.02 Å². The first-order valence-electron chi connectivity index (χ1n) is 12.3. The van der Waals surface area contributed by atoms with Crippen LogP contribution in [0.4, 0.5) is 5.69 Å². The van der Waals surface area contributed by atoms with Crippen LogP contribution in [0, 0.1) is 0 Å². The van der Waals surface area contributed by atoms with Crippen molar-refractivity contribution in [3.05, 3.63) is 142 Å².